The molecule has 1 fully saturated rings. The summed E-state index contributed by atoms with van der Waals surface area (Å²) in [4.78, 5) is 0. The molecule has 0 spiro atoms. The van der Waals surface area contributed by atoms with Gasteiger partial charge in [-0.1, -0.05) is 0 Å². The highest BCUT2D eigenvalue weighted by atomic mass is 32.2. The topological polar surface area (TPSA) is 12.0 Å². The van der Waals surface area contributed by atoms with Crippen LogP contribution in [0.4, 0.5) is 0 Å². The maximum atomic E-state index is 3.19. The lowest BCUT2D eigenvalue weighted by Crippen LogP contribution is -2.04. The molecule has 0 aliphatic carbocycles. The summed E-state index contributed by atoms with van der Waals surface area (Å²) < 4.78 is 0. The predicted molar refractivity (Wildman–Crippen MR) is 35.7 cm³/mol. The summed E-state index contributed by atoms with van der Waals surface area (Å²) in [5.41, 5.74) is 0. The Labute approximate surface area is 49.3 Å². The van der Waals surface area contributed by atoms with Crippen LogP contribution in [0.5, 0.6) is 0 Å². The quantitative estimate of drug-likeness (QED) is 0.500. The van der Waals surface area contributed by atoms with Gasteiger partial charge in [-0.2, -0.15) is 13.5 Å². The molecule has 0 amide bonds. The van der Waals surface area contributed by atoms with Crippen LogP contribution in [0, 0.1) is 0 Å². The van der Waals surface area contributed by atoms with Crippen molar-refractivity contribution in [2.24, 2.45) is 0 Å². The number of thioether (sulfide) groups is 1. The molecular formula is C3H9NS2. The smallest absolute Gasteiger partial charge is 0.0418 e. The zero-order chi connectivity index (χ0) is 3.54. The fraction of sp³-hybridized carbons (Fsp3) is 1.00. The molecule has 0 atom stereocenters. The van der Waals surface area contributed by atoms with E-state index in [2.05, 4.69) is 5.32 Å². The third-order valence-corrected chi connectivity index (χ3v) is 1.53. The molecule has 0 bridgehead atoms. The van der Waals surface area contributed by atoms with Crippen LogP contribution in [0.1, 0.15) is 0 Å². The van der Waals surface area contributed by atoms with Crippen molar-refractivity contribution in [2.45, 2.75) is 0 Å². The maximum Gasteiger partial charge on any atom is 0.0418 e. The predicted octanol–water partition coefficient (Wildman–Crippen LogP) is 0.393. The van der Waals surface area contributed by atoms with Gasteiger partial charge in [-0.05, 0) is 0 Å². The van der Waals surface area contributed by atoms with Crippen molar-refractivity contribution in [3.8, 4) is 0 Å². The Hall–Kier alpha value is 0.660. The lowest BCUT2D eigenvalue weighted by atomic mass is 10.8. The Morgan fingerprint density at radius 2 is 2.33 bits per heavy atom. The molecule has 3 heteroatoms. The van der Waals surface area contributed by atoms with Crippen molar-refractivity contribution in [2.75, 3.05) is 18.2 Å². The monoisotopic (exact) mass is 123 g/mol. The van der Waals surface area contributed by atoms with Crippen molar-refractivity contribution < 1.29 is 0 Å². The number of rotatable bonds is 0. The summed E-state index contributed by atoms with van der Waals surface area (Å²) in [6.07, 6.45) is 0. The van der Waals surface area contributed by atoms with Crippen molar-refractivity contribution in [1.29, 1.82) is 0 Å². The fourth-order valence-corrected chi connectivity index (χ4v) is 1.08. The van der Waals surface area contributed by atoms with Crippen LogP contribution < -0.4 is 5.32 Å². The second-order valence-corrected chi connectivity index (χ2v) is 2.16. The summed E-state index contributed by atoms with van der Waals surface area (Å²) in [7, 11) is 0. The van der Waals surface area contributed by atoms with Crippen LogP contribution in [0.15, 0.2) is 0 Å². The van der Waals surface area contributed by atoms with Gasteiger partial charge in [0.1, 0.15) is 0 Å². The Kier molecular flexibility index (Phi) is 4.26. The van der Waals surface area contributed by atoms with Crippen LogP contribution in [-0.4, -0.2) is 18.2 Å². The average Bonchev–Trinajstić information content (AvgIpc) is 1.76. The number of hydrogen-bond acceptors (Lipinski definition) is 2. The van der Waals surface area contributed by atoms with Crippen LogP contribution >= 0.6 is 25.3 Å². The first kappa shape index (κ1) is 6.66. The molecule has 1 saturated heterocycles. The van der Waals surface area contributed by atoms with Crippen molar-refractivity contribution in [3.05, 3.63) is 0 Å². The minimum absolute atomic E-state index is 0. The standard InChI is InChI=1S/C3H7NS.H2S/c1-2-5-3-4-1;/h4H,1-3H2;1H2. The Morgan fingerprint density at radius 3 is 2.50 bits per heavy atom. The molecule has 0 radical (unpaired) electrons. The van der Waals surface area contributed by atoms with Crippen LogP contribution in [0.3, 0.4) is 0 Å². The van der Waals surface area contributed by atoms with Gasteiger partial charge in [0.2, 0.25) is 0 Å². The molecule has 1 nitrogen and oxygen atoms in total. The highest BCUT2D eigenvalue weighted by Crippen LogP contribution is 1.99. The molecule has 0 unspecified atom stereocenters. The third kappa shape index (κ3) is 1.95. The van der Waals surface area contributed by atoms with E-state index >= 15 is 0 Å². The van der Waals surface area contributed by atoms with Gasteiger partial charge in [-0.3, -0.25) is 0 Å². The number of nitrogens with one attached hydrogen (secondary N) is 1. The largest absolute Gasteiger partial charge is 0.307 e. The summed E-state index contributed by atoms with van der Waals surface area (Å²) in [6.45, 7) is 1.21. The Bertz CT molecular complexity index is 20.4. The lowest BCUT2D eigenvalue weighted by molar-refractivity contribution is 0.885. The van der Waals surface area contributed by atoms with Gasteiger partial charge < -0.3 is 5.32 Å². The Morgan fingerprint density at radius 1 is 1.50 bits per heavy atom. The first-order chi connectivity index (χ1) is 2.50. The van der Waals surface area contributed by atoms with Gasteiger partial charge in [0, 0.05) is 18.2 Å². The van der Waals surface area contributed by atoms with Crippen molar-refractivity contribution >= 4 is 25.3 Å². The summed E-state index contributed by atoms with van der Waals surface area (Å²) >= 11 is 1.96. The van der Waals surface area contributed by atoms with Gasteiger partial charge in [-0.15, -0.1) is 11.8 Å². The molecule has 0 aromatic heterocycles. The third-order valence-electron chi connectivity index (χ3n) is 0.627. The molecule has 1 aliphatic heterocycles. The lowest BCUT2D eigenvalue weighted by Gasteiger charge is -1.74. The molecule has 1 N–H and O–H groups in total. The maximum absolute atomic E-state index is 3.19. The van der Waals surface area contributed by atoms with E-state index in [0.29, 0.717) is 0 Å². The Balaban J connectivity index is 0.000000250. The SMILES string of the molecule is C1CSCN1.S. The van der Waals surface area contributed by atoms with Gasteiger partial charge >= 0.3 is 0 Å². The van der Waals surface area contributed by atoms with E-state index < -0.39 is 0 Å². The van der Waals surface area contributed by atoms with E-state index in [1.165, 1.54) is 18.2 Å². The molecular weight excluding hydrogens is 114 g/mol. The zero-order valence-corrected chi connectivity index (χ0v) is 5.35. The van der Waals surface area contributed by atoms with Gasteiger partial charge in [0.05, 0.1) is 0 Å². The molecule has 0 aromatic rings. The van der Waals surface area contributed by atoms with Crippen molar-refractivity contribution in [1.82, 2.24) is 5.32 Å². The minimum Gasteiger partial charge on any atom is -0.307 e. The van der Waals surface area contributed by atoms with E-state index in [9.17, 15) is 0 Å². The highest BCUT2D eigenvalue weighted by Gasteiger charge is 1.93. The minimum atomic E-state index is 0. The van der Waals surface area contributed by atoms with Crippen LogP contribution in [-0.2, 0) is 0 Å². The highest BCUT2D eigenvalue weighted by molar-refractivity contribution is 7.99. The van der Waals surface area contributed by atoms with Crippen molar-refractivity contribution in [3.63, 3.8) is 0 Å². The summed E-state index contributed by atoms with van der Waals surface area (Å²) in [5.74, 6) is 2.47. The van der Waals surface area contributed by atoms with Gasteiger partial charge in [0.25, 0.3) is 0 Å². The second-order valence-electron chi connectivity index (χ2n) is 1.05. The van der Waals surface area contributed by atoms with Gasteiger partial charge in [-0.25, -0.2) is 0 Å². The number of hydrogen-bond donors (Lipinski definition) is 1. The van der Waals surface area contributed by atoms with Crippen LogP contribution in [0.25, 0.3) is 0 Å². The molecule has 1 rings (SSSR count). The molecule has 0 aromatic carbocycles. The molecule has 1 heterocycles. The molecule has 1 aliphatic rings. The second kappa shape index (κ2) is 3.84. The van der Waals surface area contributed by atoms with Gasteiger partial charge in [0.15, 0.2) is 0 Å². The molecule has 0 saturated carbocycles. The normalized spacial score (nSPS) is 20.0. The fourth-order valence-electron chi connectivity index (χ4n) is 0.361. The van der Waals surface area contributed by atoms with E-state index in [4.69, 9.17) is 0 Å². The van der Waals surface area contributed by atoms with Crippen LogP contribution in [0.2, 0.25) is 0 Å². The first-order valence-electron chi connectivity index (χ1n) is 1.78. The zero-order valence-electron chi connectivity index (χ0n) is 3.53. The van der Waals surface area contributed by atoms with E-state index in [-0.39, 0.29) is 13.5 Å². The van der Waals surface area contributed by atoms with E-state index in [1.807, 2.05) is 11.8 Å². The molecule has 38 valence electrons. The summed E-state index contributed by atoms with van der Waals surface area (Å²) in [5, 5.41) is 3.19. The average molecular weight is 123 g/mol. The van der Waals surface area contributed by atoms with E-state index in [1.54, 1.807) is 0 Å². The molecule has 6 heavy (non-hydrogen) atoms. The van der Waals surface area contributed by atoms with E-state index in [0.717, 1.165) is 0 Å². The summed E-state index contributed by atoms with van der Waals surface area (Å²) in [6, 6.07) is 0. The first-order valence-corrected chi connectivity index (χ1v) is 2.94.